The van der Waals surface area contributed by atoms with Crippen molar-refractivity contribution in [2.45, 2.75) is 19.2 Å². The van der Waals surface area contributed by atoms with Gasteiger partial charge in [0.05, 0.1) is 12.6 Å². The molecule has 1 aromatic heterocycles. The zero-order valence-electron chi connectivity index (χ0n) is 17.0. The molecule has 1 aliphatic heterocycles. The topological polar surface area (TPSA) is 34.6 Å². The molecule has 4 nitrogen and oxygen atoms in total. The van der Waals surface area contributed by atoms with Gasteiger partial charge in [-0.25, -0.2) is 4.98 Å². The zero-order chi connectivity index (χ0) is 20.3. The number of nitrogens with zero attached hydrogens (tertiary/aromatic N) is 2. The van der Waals surface area contributed by atoms with Crippen molar-refractivity contribution in [3.8, 4) is 11.6 Å². The molecule has 0 radical (unpaired) electrons. The van der Waals surface area contributed by atoms with Crippen molar-refractivity contribution in [2.24, 2.45) is 0 Å². The summed E-state index contributed by atoms with van der Waals surface area (Å²) in [6, 6.07) is 29.1. The number of pyridine rings is 1. The molecule has 0 aliphatic carbocycles. The van der Waals surface area contributed by atoms with E-state index in [9.17, 15) is 0 Å². The molecule has 2 heterocycles. The number of fused-ring (bicyclic) bond motifs is 2. The van der Waals surface area contributed by atoms with E-state index in [1.165, 1.54) is 11.1 Å². The van der Waals surface area contributed by atoms with Crippen LogP contribution in [0.1, 0.15) is 22.8 Å². The highest BCUT2D eigenvalue weighted by Crippen LogP contribution is 2.33. The molecular formula is C26H24N2O2. The van der Waals surface area contributed by atoms with Crippen molar-refractivity contribution >= 4 is 10.9 Å². The van der Waals surface area contributed by atoms with Crippen molar-refractivity contribution < 1.29 is 9.47 Å². The lowest BCUT2D eigenvalue weighted by Gasteiger charge is -2.24. The Labute approximate surface area is 176 Å². The summed E-state index contributed by atoms with van der Waals surface area (Å²) in [5.41, 5.74) is 4.48. The fourth-order valence-corrected chi connectivity index (χ4v) is 4.04. The minimum absolute atomic E-state index is 0.0700. The van der Waals surface area contributed by atoms with Crippen molar-refractivity contribution in [1.82, 2.24) is 9.88 Å². The number of rotatable bonds is 4. The van der Waals surface area contributed by atoms with E-state index in [0.29, 0.717) is 0 Å². The van der Waals surface area contributed by atoms with Crippen LogP contribution in [0.3, 0.4) is 0 Å². The summed E-state index contributed by atoms with van der Waals surface area (Å²) >= 11 is 0. The predicted molar refractivity (Wildman–Crippen MR) is 119 cm³/mol. The van der Waals surface area contributed by atoms with Crippen LogP contribution in [0.4, 0.5) is 0 Å². The van der Waals surface area contributed by atoms with E-state index in [2.05, 4.69) is 65.6 Å². The van der Waals surface area contributed by atoms with Gasteiger partial charge in [0.1, 0.15) is 11.9 Å². The minimum atomic E-state index is -0.0700. The largest absolute Gasteiger partial charge is 0.497 e. The quantitative estimate of drug-likeness (QED) is 0.464. The first-order valence-electron chi connectivity index (χ1n) is 10.2. The maximum absolute atomic E-state index is 6.49. The molecular weight excluding hydrogens is 372 g/mol. The Bertz CT molecular complexity index is 1150. The lowest BCUT2D eigenvalue weighted by atomic mass is 10.1. The molecule has 5 rings (SSSR count). The molecule has 0 bridgehead atoms. The lowest BCUT2D eigenvalue weighted by molar-refractivity contribution is 0.140. The van der Waals surface area contributed by atoms with E-state index in [-0.39, 0.29) is 6.10 Å². The van der Waals surface area contributed by atoms with Crippen LogP contribution in [-0.4, -0.2) is 23.5 Å². The fourth-order valence-electron chi connectivity index (χ4n) is 4.04. The molecule has 4 aromatic rings. The number of benzene rings is 3. The van der Waals surface area contributed by atoms with Crippen molar-refractivity contribution in [3.63, 3.8) is 0 Å². The molecule has 1 aliphatic rings. The molecule has 0 saturated heterocycles. The van der Waals surface area contributed by atoms with Gasteiger partial charge in [-0.2, -0.15) is 0 Å². The van der Waals surface area contributed by atoms with E-state index in [1.807, 2.05) is 24.3 Å². The number of hydrogen-bond donors (Lipinski definition) is 0. The van der Waals surface area contributed by atoms with Crippen molar-refractivity contribution in [2.75, 3.05) is 13.7 Å². The Balaban J connectivity index is 1.55. The molecule has 3 aromatic carbocycles. The number of ether oxygens (including phenoxy) is 2. The van der Waals surface area contributed by atoms with E-state index in [4.69, 9.17) is 14.5 Å². The first-order chi connectivity index (χ1) is 14.8. The third-order valence-corrected chi connectivity index (χ3v) is 5.55. The maximum atomic E-state index is 6.49. The lowest BCUT2D eigenvalue weighted by Crippen LogP contribution is -2.27. The Hall–Kier alpha value is -3.37. The predicted octanol–water partition coefficient (Wildman–Crippen LogP) is 5.38. The Morgan fingerprint density at radius 2 is 1.73 bits per heavy atom. The van der Waals surface area contributed by atoms with E-state index in [0.717, 1.165) is 47.7 Å². The van der Waals surface area contributed by atoms with E-state index in [1.54, 1.807) is 7.11 Å². The number of methoxy groups -OCH3 is 1. The van der Waals surface area contributed by atoms with Crippen LogP contribution in [0.25, 0.3) is 10.9 Å². The second-order valence-corrected chi connectivity index (χ2v) is 7.68. The van der Waals surface area contributed by atoms with Gasteiger partial charge in [0, 0.05) is 30.6 Å². The highest BCUT2D eigenvalue weighted by atomic mass is 16.5. The Kier molecular flexibility index (Phi) is 5.08. The van der Waals surface area contributed by atoms with Crippen molar-refractivity contribution in [3.05, 3.63) is 102 Å². The number of aromatic nitrogens is 1. The third-order valence-electron chi connectivity index (χ3n) is 5.55. The third kappa shape index (κ3) is 3.87. The second-order valence-electron chi connectivity index (χ2n) is 7.68. The summed E-state index contributed by atoms with van der Waals surface area (Å²) in [7, 11) is 1.69. The first kappa shape index (κ1) is 18.6. The van der Waals surface area contributed by atoms with Gasteiger partial charge in [-0.3, -0.25) is 4.90 Å². The van der Waals surface area contributed by atoms with Crippen LogP contribution < -0.4 is 9.47 Å². The summed E-state index contributed by atoms with van der Waals surface area (Å²) in [6.07, 6.45) is -0.0700. The van der Waals surface area contributed by atoms with Gasteiger partial charge in [-0.05, 0) is 35.4 Å². The molecule has 0 saturated carbocycles. The van der Waals surface area contributed by atoms with Gasteiger partial charge in [-0.15, -0.1) is 0 Å². The average molecular weight is 396 g/mol. The van der Waals surface area contributed by atoms with Gasteiger partial charge in [0.15, 0.2) is 0 Å². The normalized spacial score (nSPS) is 16.5. The van der Waals surface area contributed by atoms with Gasteiger partial charge in [0.2, 0.25) is 5.88 Å². The van der Waals surface area contributed by atoms with Crippen molar-refractivity contribution in [1.29, 1.82) is 0 Å². The fraction of sp³-hybridized carbons (Fsp3) is 0.192. The van der Waals surface area contributed by atoms with Gasteiger partial charge in [-0.1, -0.05) is 60.7 Å². The first-order valence-corrected chi connectivity index (χ1v) is 10.2. The summed E-state index contributed by atoms with van der Waals surface area (Å²) in [4.78, 5) is 7.30. The zero-order valence-corrected chi connectivity index (χ0v) is 17.0. The van der Waals surface area contributed by atoms with Crippen LogP contribution in [0.5, 0.6) is 11.6 Å². The minimum Gasteiger partial charge on any atom is -0.497 e. The summed E-state index contributed by atoms with van der Waals surface area (Å²) in [6.45, 7) is 2.45. The molecule has 30 heavy (non-hydrogen) atoms. The van der Waals surface area contributed by atoms with E-state index < -0.39 is 0 Å². The van der Waals surface area contributed by atoms with Gasteiger partial charge < -0.3 is 9.47 Å². The monoisotopic (exact) mass is 396 g/mol. The second kappa shape index (κ2) is 8.17. The van der Waals surface area contributed by atoms with E-state index >= 15 is 0 Å². The van der Waals surface area contributed by atoms with Crippen LogP contribution in [0.15, 0.2) is 84.9 Å². The van der Waals surface area contributed by atoms with Crippen LogP contribution in [-0.2, 0) is 13.1 Å². The molecule has 4 heteroatoms. The van der Waals surface area contributed by atoms with Crippen LogP contribution >= 0.6 is 0 Å². The molecule has 150 valence electrons. The highest BCUT2D eigenvalue weighted by molar-refractivity contribution is 5.81. The SMILES string of the molecule is COc1ccc2nc3c(cc2c1)CN(Cc1ccccc1)C[C@@H](c1ccccc1)O3. The number of hydrogen-bond acceptors (Lipinski definition) is 4. The highest BCUT2D eigenvalue weighted by Gasteiger charge is 2.26. The molecule has 0 fully saturated rings. The molecule has 1 atom stereocenters. The molecule has 0 spiro atoms. The van der Waals surface area contributed by atoms with Crippen LogP contribution in [0, 0.1) is 0 Å². The molecule has 0 amide bonds. The van der Waals surface area contributed by atoms with Gasteiger partial charge in [0.25, 0.3) is 0 Å². The summed E-state index contributed by atoms with van der Waals surface area (Å²) in [5, 5.41) is 1.06. The van der Waals surface area contributed by atoms with Gasteiger partial charge >= 0.3 is 0 Å². The maximum Gasteiger partial charge on any atom is 0.219 e. The summed E-state index contributed by atoms with van der Waals surface area (Å²) < 4.78 is 11.9. The Morgan fingerprint density at radius 1 is 0.967 bits per heavy atom. The summed E-state index contributed by atoms with van der Waals surface area (Å²) in [5.74, 6) is 1.55. The van der Waals surface area contributed by atoms with Crippen LogP contribution in [0.2, 0.25) is 0 Å². The standard InChI is InChI=1S/C26H24N2O2/c1-29-23-12-13-24-21(15-23)14-22-17-28(16-19-8-4-2-5-9-19)18-25(30-26(22)27-24)20-10-6-3-7-11-20/h2-15,25H,16-18H2,1H3/t25-/m0/s1. The average Bonchev–Trinajstić information content (AvgIpc) is 2.97. The smallest absolute Gasteiger partial charge is 0.219 e. The Morgan fingerprint density at radius 3 is 2.50 bits per heavy atom. The molecule has 0 unspecified atom stereocenters. The molecule has 0 N–H and O–H groups in total.